The van der Waals surface area contributed by atoms with Crippen molar-refractivity contribution in [3.63, 3.8) is 0 Å². The third-order valence-corrected chi connectivity index (χ3v) is 50.5. The van der Waals surface area contributed by atoms with E-state index in [1.165, 1.54) is 0 Å². The molecule has 0 aromatic heterocycles. The largest absolute Gasteiger partial charge is 0.485 e. The molecule has 0 spiro atoms. The average Bonchev–Trinajstić information content (AvgIpc) is 2.93. The van der Waals surface area contributed by atoms with Gasteiger partial charge in [0.1, 0.15) is 0 Å². The number of hydrogen-bond donors (Lipinski definition) is 0. The molecule has 0 N–H and O–H groups in total. The Bertz CT molecular complexity index is 1170. The molecular formula is C30H76O13Si10. The monoisotopic (exact) mass is 924 g/mol. The molecule has 314 valence electrons. The van der Waals surface area contributed by atoms with Crippen LogP contribution in [0.15, 0.2) is 0 Å². The van der Waals surface area contributed by atoms with Crippen LogP contribution in [0.1, 0.15) is 93.4 Å². The van der Waals surface area contributed by atoms with Gasteiger partial charge >= 0.3 is 70.2 Å². The highest BCUT2D eigenvalue weighted by molar-refractivity contribution is 7.00. The summed E-state index contributed by atoms with van der Waals surface area (Å²) in [5, 5.41) is 0. The lowest BCUT2D eigenvalue weighted by Crippen LogP contribution is -2.83. The summed E-state index contributed by atoms with van der Waals surface area (Å²) in [4.78, 5) is 0. The normalized spacial score (nSPS) is 37.1. The second-order valence-corrected chi connectivity index (χ2v) is 51.6. The van der Waals surface area contributed by atoms with E-state index in [-0.39, 0.29) is 0 Å². The summed E-state index contributed by atoms with van der Waals surface area (Å²) in [7, 11) is -32.2. The first-order chi connectivity index (χ1) is 24.5. The first-order valence-electron chi connectivity index (χ1n) is 20.4. The van der Waals surface area contributed by atoms with Crippen LogP contribution >= 0.6 is 0 Å². The summed E-state index contributed by atoms with van der Waals surface area (Å²) in [6, 6.07) is 3.58. The summed E-state index contributed by atoms with van der Waals surface area (Å²) in [5.74, 6) is 0. The van der Waals surface area contributed by atoms with Gasteiger partial charge in [-0.2, -0.15) is 0 Å². The van der Waals surface area contributed by atoms with Crippen molar-refractivity contribution in [3.8, 4) is 0 Å². The van der Waals surface area contributed by atoms with Crippen molar-refractivity contribution >= 4 is 86.8 Å². The lowest BCUT2D eigenvalue weighted by molar-refractivity contribution is 0.00554. The minimum Gasteiger partial charge on any atom is -0.437 e. The average molecular weight is 926 g/mol. The van der Waals surface area contributed by atoms with Crippen LogP contribution in [0.5, 0.6) is 0 Å². The SMILES string of the molecule is CCC[Si]1(O[Si](C)(C)C)O[Si]2(CCC)O[Si](CCC)(O[Si](C)(C)O[Si](C)(C)C)O[Si@@]3(CCC)O[Si](CCC)(O2)O[Si](CCC)(O1)O[Si@@](CCC)(OC)O3. The number of rotatable bonds is 21. The third-order valence-electron chi connectivity index (χ3n) is 8.42. The molecule has 13 nitrogen and oxygen atoms in total. The van der Waals surface area contributed by atoms with E-state index in [0.29, 0.717) is 42.3 Å². The maximum Gasteiger partial charge on any atom is 0.485 e. The Labute approximate surface area is 334 Å². The van der Waals surface area contributed by atoms with E-state index < -0.39 is 86.8 Å². The molecule has 7 atom stereocenters. The van der Waals surface area contributed by atoms with Gasteiger partial charge in [0.25, 0.3) is 0 Å². The molecule has 3 aliphatic rings. The second-order valence-electron chi connectivity index (χ2n) is 17.1. The fraction of sp³-hybridized carbons (Fsp3) is 1.00. The first kappa shape index (κ1) is 49.0. The van der Waals surface area contributed by atoms with Gasteiger partial charge in [-0.1, -0.05) is 93.4 Å². The number of hydrogen-bond acceptors (Lipinski definition) is 13. The predicted molar refractivity (Wildman–Crippen MR) is 230 cm³/mol. The quantitative estimate of drug-likeness (QED) is 0.102. The van der Waals surface area contributed by atoms with E-state index in [1.54, 1.807) is 7.11 Å². The summed E-state index contributed by atoms with van der Waals surface area (Å²) >= 11 is 0. The van der Waals surface area contributed by atoms with Gasteiger partial charge in [0.05, 0.1) is 0 Å². The van der Waals surface area contributed by atoms with Crippen LogP contribution in [-0.4, -0.2) is 93.9 Å². The Morgan fingerprint density at radius 3 is 0.925 bits per heavy atom. The topological polar surface area (TPSA) is 120 Å². The van der Waals surface area contributed by atoms with Crippen LogP contribution in [-0.2, 0) is 53.8 Å². The molecule has 0 aromatic carbocycles. The smallest absolute Gasteiger partial charge is 0.437 e. The van der Waals surface area contributed by atoms with Crippen molar-refractivity contribution in [2.75, 3.05) is 7.11 Å². The van der Waals surface area contributed by atoms with Gasteiger partial charge in [-0.25, -0.2) is 0 Å². The highest BCUT2D eigenvalue weighted by atomic mass is 28.6. The summed E-state index contributed by atoms with van der Waals surface area (Å²) in [5.41, 5.74) is 0. The molecule has 3 saturated heterocycles. The van der Waals surface area contributed by atoms with Crippen molar-refractivity contribution < 1.29 is 53.8 Å². The Kier molecular flexibility index (Phi) is 17.5. The first-order valence-corrected chi connectivity index (χ1v) is 43.6. The summed E-state index contributed by atoms with van der Waals surface area (Å²) in [6.07, 6.45) is 5.18. The molecule has 3 fully saturated rings. The molecule has 3 heterocycles. The fourth-order valence-electron chi connectivity index (χ4n) is 7.48. The van der Waals surface area contributed by atoms with Crippen molar-refractivity contribution in [1.29, 1.82) is 0 Å². The maximum absolute atomic E-state index is 7.74. The fourth-order valence-corrected chi connectivity index (χ4v) is 61.3. The molecule has 0 aromatic rings. The third kappa shape index (κ3) is 13.1. The zero-order valence-corrected chi connectivity index (χ0v) is 46.2. The van der Waals surface area contributed by atoms with Crippen LogP contribution in [0, 0.1) is 0 Å². The molecule has 5 unspecified atom stereocenters. The van der Waals surface area contributed by atoms with E-state index in [4.69, 9.17) is 53.8 Å². The Morgan fingerprint density at radius 1 is 0.358 bits per heavy atom. The number of fused-ring (bicyclic) bond motifs is 3. The van der Waals surface area contributed by atoms with Crippen molar-refractivity contribution in [3.05, 3.63) is 0 Å². The van der Waals surface area contributed by atoms with Gasteiger partial charge in [-0.15, -0.1) is 0 Å². The minimum absolute atomic E-state index is 0.491. The van der Waals surface area contributed by atoms with E-state index in [1.807, 2.05) is 0 Å². The van der Waals surface area contributed by atoms with Gasteiger partial charge in [0.15, 0.2) is 16.6 Å². The van der Waals surface area contributed by atoms with Gasteiger partial charge in [-0.3, -0.25) is 0 Å². The van der Waals surface area contributed by atoms with Gasteiger partial charge in [-0.05, 0) is 52.4 Å². The lowest BCUT2D eigenvalue weighted by atomic mass is 10.6. The molecular weight excluding hydrogens is 849 g/mol. The zero-order chi connectivity index (χ0) is 40.1. The minimum atomic E-state index is -3.88. The molecule has 4 bridgehead atoms. The zero-order valence-electron chi connectivity index (χ0n) is 36.2. The molecule has 0 radical (unpaired) electrons. The van der Waals surface area contributed by atoms with Gasteiger partial charge in [0.2, 0.25) is 0 Å². The Morgan fingerprint density at radius 2 is 0.642 bits per heavy atom. The molecule has 53 heavy (non-hydrogen) atoms. The molecule has 0 saturated carbocycles. The highest BCUT2D eigenvalue weighted by Gasteiger charge is 2.77. The van der Waals surface area contributed by atoms with Gasteiger partial charge < -0.3 is 53.8 Å². The molecule has 23 heteroatoms. The van der Waals surface area contributed by atoms with E-state index in [9.17, 15) is 0 Å². The van der Waals surface area contributed by atoms with Crippen LogP contribution in [0.3, 0.4) is 0 Å². The van der Waals surface area contributed by atoms with Crippen LogP contribution in [0.25, 0.3) is 0 Å². The Hall–Kier alpha value is 1.65. The van der Waals surface area contributed by atoms with E-state index in [0.717, 1.165) is 44.9 Å². The lowest BCUT2D eigenvalue weighted by Gasteiger charge is -2.59. The van der Waals surface area contributed by atoms with Crippen LogP contribution < -0.4 is 0 Å². The van der Waals surface area contributed by atoms with Gasteiger partial charge in [0, 0.05) is 49.4 Å². The molecule has 3 aliphatic heterocycles. The van der Waals surface area contributed by atoms with Crippen LogP contribution in [0.4, 0.5) is 0 Å². The highest BCUT2D eigenvalue weighted by Crippen LogP contribution is 2.50. The van der Waals surface area contributed by atoms with E-state index >= 15 is 0 Å². The van der Waals surface area contributed by atoms with Crippen molar-refractivity contribution in [1.82, 2.24) is 0 Å². The molecule has 3 rings (SSSR count). The van der Waals surface area contributed by atoms with Crippen molar-refractivity contribution in [2.24, 2.45) is 0 Å². The Balaban J connectivity index is 2.59. The molecule has 0 aliphatic carbocycles. The van der Waals surface area contributed by atoms with E-state index in [2.05, 4.69) is 101 Å². The second kappa shape index (κ2) is 18.9. The standard InChI is InChI=1S/C30H76O13Si10/c1-17-24-47(31-8)35-50(27-20-4)37-48(25-18-2,33-45(12,13)14)38-52(29-22-6)40-49(26-19-3,34-46(15,16)32-44(9,10)11)39-51(36-47,28-21-5)42-53(41-50,43-52)30-23-7/h17-30H2,1-16H3/t47-,48?,49?,50?,51+,52?,53?/m1/s1. The summed E-state index contributed by atoms with van der Waals surface area (Å²) in [6.45, 7) is 32.1. The predicted octanol–water partition coefficient (Wildman–Crippen LogP) is 9.69. The summed E-state index contributed by atoms with van der Waals surface area (Å²) < 4.78 is 96.7. The molecule has 0 amide bonds. The van der Waals surface area contributed by atoms with Crippen molar-refractivity contribution in [2.45, 2.75) is 188 Å². The van der Waals surface area contributed by atoms with Crippen LogP contribution in [0.2, 0.25) is 94.7 Å². The maximum atomic E-state index is 7.74.